The third kappa shape index (κ3) is 3.55. The maximum atomic E-state index is 5.86. The molecule has 0 radical (unpaired) electrons. The minimum atomic E-state index is 0.708. The Morgan fingerprint density at radius 1 is 1.00 bits per heavy atom. The highest BCUT2D eigenvalue weighted by molar-refractivity contribution is 6.30. The molecule has 19 heavy (non-hydrogen) atoms. The lowest BCUT2D eigenvalue weighted by Gasteiger charge is -2.12. The molecule has 0 heterocycles. The van der Waals surface area contributed by atoms with Crippen LogP contribution >= 0.6 is 11.6 Å². The van der Waals surface area contributed by atoms with Crippen LogP contribution in [0.2, 0.25) is 5.02 Å². The molecule has 0 saturated carbocycles. The molecule has 0 aliphatic carbocycles. The van der Waals surface area contributed by atoms with Gasteiger partial charge in [-0.15, -0.1) is 0 Å². The topological polar surface area (TPSA) is 30.5 Å². The molecule has 100 valence electrons. The van der Waals surface area contributed by atoms with Crippen molar-refractivity contribution in [3.8, 4) is 11.5 Å². The van der Waals surface area contributed by atoms with E-state index in [-0.39, 0.29) is 0 Å². The van der Waals surface area contributed by atoms with E-state index in [1.807, 2.05) is 42.5 Å². The lowest BCUT2D eigenvalue weighted by atomic mass is 10.2. The van der Waals surface area contributed by atoms with Crippen LogP contribution in [0.4, 0.5) is 5.69 Å². The first-order valence-corrected chi connectivity index (χ1v) is 6.31. The average molecular weight is 278 g/mol. The van der Waals surface area contributed by atoms with E-state index in [0.717, 1.165) is 27.8 Å². The number of halogens is 1. The van der Waals surface area contributed by atoms with Gasteiger partial charge < -0.3 is 14.8 Å². The van der Waals surface area contributed by atoms with E-state index in [1.54, 1.807) is 14.2 Å². The number of benzene rings is 2. The third-order valence-corrected chi connectivity index (χ3v) is 3.06. The summed E-state index contributed by atoms with van der Waals surface area (Å²) in [7, 11) is 3.28. The number of hydrogen-bond donors (Lipinski definition) is 1. The van der Waals surface area contributed by atoms with Gasteiger partial charge in [0.15, 0.2) is 0 Å². The van der Waals surface area contributed by atoms with Crippen LogP contribution in [-0.2, 0) is 6.54 Å². The molecule has 0 bridgehead atoms. The molecule has 0 aliphatic heterocycles. The largest absolute Gasteiger partial charge is 0.497 e. The van der Waals surface area contributed by atoms with E-state index in [4.69, 9.17) is 21.1 Å². The maximum Gasteiger partial charge on any atom is 0.145 e. The molecule has 4 heteroatoms. The summed E-state index contributed by atoms with van der Waals surface area (Å²) in [5.41, 5.74) is 2.08. The molecule has 0 atom stereocenters. The lowest BCUT2D eigenvalue weighted by Crippen LogP contribution is -2.01. The van der Waals surface area contributed by atoms with E-state index in [1.165, 1.54) is 0 Å². The fourth-order valence-electron chi connectivity index (χ4n) is 1.74. The SMILES string of the molecule is COc1ccc(NCc2ccc(Cl)cc2)c(OC)c1. The summed E-state index contributed by atoms with van der Waals surface area (Å²) in [6, 6.07) is 13.4. The standard InChI is InChI=1S/C15H16ClNO2/c1-18-13-7-8-14(15(9-13)19-2)17-10-11-3-5-12(16)6-4-11/h3-9,17H,10H2,1-2H3. The zero-order valence-corrected chi connectivity index (χ0v) is 11.7. The molecule has 0 amide bonds. The first-order chi connectivity index (χ1) is 9.22. The molecule has 2 aromatic rings. The van der Waals surface area contributed by atoms with Gasteiger partial charge in [-0.25, -0.2) is 0 Å². The molecule has 2 aromatic carbocycles. The van der Waals surface area contributed by atoms with Gasteiger partial charge in [0.25, 0.3) is 0 Å². The number of ether oxygens (including phenoxy) is 2. The third-order valence-electron chi connectivity index (χ3n) is 2.80. The molecule has 3 nitrogen and oxygen atoms in total. The number of rotatable bonds is 5. The van der Waals surface area contributed by atoms with Gasteiger partial charge in [-0.1, -0.05) is 23.7 Å². The van der Waals surface area contributed by atoms with Gasteiger partial charge in [-0.05, 0) is 29.8 Å². The smallest absolute Gasteiger partial charge is 0.145 e. The summed E-state index contributed by atoms with van der Waals surface area (Å²) in [6.07, 6.45) is 0. The van der Waals surface area contributed by atoms with Crippen LogP contribution in [0.15, 0.2) is 42.5 Å². The molecule has 0 unspecified atom stereocenters. The van der Waals surface area contributed by atoms with Crippen molar-refractivity contribution >= 4 is 17.3 Å². The van der Waals surface area contributed by atoms with Crippen LogP contribution in [0, 0.1) is 0 Å². The van der Waals surface area contributed by atoms with Gasteiger partial charge in [0.2, 0.25) is 0 Å². The summed E-state index contributed by atoms with van der Waals surface area (Å²) in [5.74, 6) is 1.53. The van der Waals surface area contributed by atoms with Crippen LogP contribution in [0.3, 0.4) is 0 Å². The van der Waals surface area contributed by atoms with Crippen molar-refractivity contribution < 1.29 is 9.47 Å². The van der Waals surface area contributed by atoms with Crippen molar-refractivity contribution in [2.75, 3.05) is 19.5 Å². The lowest BCUT2D eigenvalue weighted by molar-refractivity contribution is 0.395. The summed E-state index contributed by atoms with van der Waals surface area (Å²) >= 11 is 5.86. The molecule has 0 aliphatic rings. The van der Waals surface area contributed by atoms with Crippen molar-refractivity contribution in [3.05, 3.63) is 53.1 Å². The first kappa shape index (κ1) is 13.6. The van der Waals surface area contributed by atoms with Crippen molar-refractivity contribution in [2.24, 2.45) is 0 Å². The zero-order chi connectivity index (χ0) is 13.7. The Kier molecular flexibility index (Phi) is 4.53. The Labute approximate surface area is 118 Å². The van der Waals surface area contributed by atoms with Gasteiger partial charge in [0, 0.05) is 17.6 Å². The van der Waals surface area contributed by atoms with Gasteiger partial charge in [0.05, 0.1) is 19.9 Å². The van der Waals surface area contributed by atoms with Crippen LogP contribution in [-0.4, -0.2) is 14.2 Å². The number of nitrogens with one attached hydrogen (secondary N) is 1. The van der Waals surface area contributed by atoms with Crippen LogP contribution in [0.25, 0.3) is 0 Å². The highest BCUT2D eigenvalue weighted by Crippen LogP contribution is 2.29. The summed E-state index contributed by atoms with van der Waals surface area (Å²) < 4.78 is 10.5. The quantitative estimate of drug-likeness (QED) is 0.897. The molecule has 1 N–H and O–H groups in total. The number of hydrogen-bond acceptors (Lipinski definition) is 3. The zero-order valence-electron chi connectivity index (χ0n) is 10.9. The minimum Gasteiger partial charge on any atom is -0.497 e. The predicted molar refractivity (Wildman–Crippen MR) is 78.3 cm³/mol. The van der Waals surface area contributed by atoms with Gasteiger partial charge in [-0.2, -0.15) is 0 Å². The van der Waals surface area contributed by atoms with Crippen molar-refractivity contribution in [1.82, 2.24) is 0 Å². The summed E-state index contributed by atoms with van der Waals surface area (Å²) in [4.78, 5) is 0. The molecule has 2 rings (SSSR count). The second-order valence-corrected chi connectivity index (χ2v) is 4.48. The van der Waals surface area contributed by atoms with Crippen molar-refractivity contribution in [1.29, 1.82) is 0 Å². The monoisotopic (exact) mass is 277 g/mol. The highest BCUT2D eigenvalue weighted by Gasteiger charge is 2.04. The molecule has 0 saturated heterocycles. The summed E-state index contributed by atoms with van der Waals surface area (Å²) in [5, 5.41) is 4.07. The second kappa shape index (κ2) is 6.34. The van der Waals surface area contributed by atoms with E-state index in [9.17, 15) is 0 Å². The van der Waals surface area contributed by atoms with E-state index in [0.29, 0.717) is 6.54 Å². The predicted octanol–water partition coefficient (Wildman–Crippen LogP) is 3.97. The van der Waals surface area contributed by atoms with Gasteiger partial charge >= 0.3 is 0 Å². The van der Waals surface area contributed by atoms with Crippen molar-refractivity contribution in [3.63, 3.8) is 0 Å². The average Bonchev–Trinajstić information content (AvgIpc) is 2.46. The number of anilines is 1. The second-order valence-electron chi connectivity index (χ2n) is 4.05. The molecule has 0 spiro atoms. The van der Waals surface area contributed by atoms with E-state index < -0.39 is 0 Å². The Balaban J connectivity index is 2.08. The summed E-state index contributed by atoms with van der Waals surface area (Å²) in [6.45, 7) is 0.708. The van der Waals surface area contributed by atoms with Crippen molar-refractivity contribution in [2.45, 2.75) is 6.54 Å². The van der Waals surface area contributed by atoms with E-state index >= 15 is 0 Å². The Morgan fingerprint density at radius 3 is 2.37 bits per heavy atom. The van der Waals surface area contributed by atoms with Gasteiger partial charge in [-0.3, -0.25) is 0 Å². The Hall–Kier alpha value is -1.87. The van der Waals surface area contributed by atoms with E-state index in [2.05, 4.69) is 5.32 Å². The molecular formula is C15H16ClNO2. The first-order valence-electron chi connectivity index (χ1n) is 5.93. The molecule has 0 aromatic heterocycles. The highest BCUT2D eigenvalue weighted by atomic mass is 35.5. The van der Waals surface area contributed by atoms with Crippen LogP contribution in [0.5, 0.6) is 11.5 Å². The normalized spacial score (nSPS) is 10.1. The van der Waals surface area contributed by atoms with Gasteiger partial charge in [0.1, 0.15) is 11.5 Å². The Bertz CT molecular complexity index is 540. The minimum absolute atomic E-state index is 0.708. The molecule has 0 fully saturated rings. The molecular weight excluding hydrogens is 262 g/mol. The fourth-order valence-corrected chi connectivity index (χ4v) is 1.87. The number of methoxy groups -OCH3 is 2. The fraction of sp³-hybridized carbons (Fsp3) is 0.200. The van der Waals surface area contributed by atoms with Crippen LogP contribution < -0.4 is 14.8 Å². The maximum absolute atomic E-state index is 5.86. The Morgan fingerprint density at radius 2 is 1.74 bits per heavy atom. The van der Waals surface area contributed by atoms with Crippen LogP contribution in [0.1, 0.15) is 5.56 Å².